The molecule has 0 heterocycles. The lowest BCUT2D eigenvalue weighted by molar-refractivity contribution is -0.114. The SMILES string of the molecule is Cc1cc(C)cc(NC(=O)CNc2cccc(C(=O)N(C)C)c2)c1. The number of carbonyl (C=O) groups is 2. The first kappa shape index (κ1) is 17.5. The molecule has 0 radical (unpaired) electrons. The molecule has 0 aliphatic rings. The van der Waals surface area contributed by atoms with Crippen molar-refractivity contribution in [1.29, 1.82) is 0 Å². The molecule has 0 unspecified atom stereocenters. The van der Waals surface area contributed by atoms with Crippen LogP contribution in [0.2, 0.25) is 0 Å². The first-order valence-electron chi connectivity index (χ1n) is 7.79. The van der Waals surface area contributed by atoms with E-state index in [2.05, 4.69) is 16.7 Å². The number of anilines is 2. The van der Waals surface area contributed by atoms with E-state index in [1.54, 1.807) is 32.3 Å². The number of amides is 2. The van der Waals surface area contributed by atoms with Crippen molar-refractivity contribution < 1.29 is 9.59 Å². The molecule has 5 heteroatoms. The number of nitrogens with zero attached hydrogens (tertiary/aromatic N) is 1. The van der Waals surface area contributed by atoms with Crippen LogP contribution in [-0.2, 0) is 4.79 Å². The van der Waals surface area contributed by atoms with Gasteiger partial charge < -0.3 is 15.5 Å². The lowest BCUT2D eigenvalue weighted by atomic mass is 10.1. The summed E-state index contributed by atoms with van der Waals surface area (Å²) in [5.41, 5.74) is 4.31. The summed E-state index contributed by atoms with van der Waals surface area (Å²) in [6, 6.07) is 13.0. The molecule has 0 saturated carbocycles. The molecule has 0 aliphatic carbocycles. The fourth-order valence-electron chi connectivity index (χ4n) is 2.45. The second-order valence-electron chi connectivity index (χ2n) is 6.06. The number of benzene rings is 2. The highest BCUT2D eigenvalue weighted by Crippen LogP contribution is 2.14. The third-order valence-corrected chi connectivity index (χ3v) is 3.47. The summed E-state index contributed by atoms with van der Waals surface area (Å²) in [5, 5.41) is 5.92. The largest absolute Gasteiger partial charge is 0.376 e. The van der Waals surface area contributed by atoms with Crippen molar-refractivity contribution >= 4 is 23.2 Å². The van der Waals surface area contributed by atoms with Crippen molar-refractivity contribution in [3.8, 4) is 0 Å². The lowest BCUT2D eigenvalue weighted by Crippen LogP contribution is -2.23. The second kappa shape index (κ2) is 7.64. The zero-order valence-electron chi connectivity index (χ0n) is 14.5. The van der Waals surface area contributed by atoms with Crippen molar-refractivity contribution in [1.82, 2.24) is 4.90 Å². The van der Waals surface area contributed by atoms with Gasteiger partial charge in [-0.15, -0.1) is 0 Å². The zero-order chi connectivity index (χ0) is 17.7. The molecule has 0 atom stereocenters. The maximum absolute atomic E-state index is 12.1. The van der Waals surface area contributed by atoms with E-state index in [4.69, 9.17) is 0 Å². The van der Waals surface area contributed by atoms with Gasteiger partial charge in [-0.2, -0.15) is 0 Å². The van der Waals surface area contributed by atoms with Crippen molar-refractivity contribution in [2.24, 2.45) is 0 Å². The van der Waals surface area contributed by atoms with Crippen LogP contribution in [0.1, 0.15) is 21.5 Å². The minimum absolute atomic E-state index is 0.0710. The molecule has 0 spiro atoms. The van der Waals surface area contributed by atoms with Crippen LogP contribution >= 0.6 is 0 Å². The summed E-state index contributed by atoms with van der Waals surface area (Å²) in [4.78, 5) is 25.6. The van der Waals surface area contributed by atoms with Gasteiger partial charge in [-0.25, -0.2) is 0 Å². The van der Waals surface area contributed by atoms with Gasteiger partial charge in [-0.3, -0.25) is 9.59 Å². The van der Waals surface area contributed by atoms with Gasteiger partial charge in [0.25, 0.3) is 5.91 Å². The molecule has 0 aromatic heterocycles. The predicted molar refractivity (Wildman–Crippen MR) is 97.5 cm³/mol. The van der Waals surface area contributed by atoms with E-state index in [9.17, 15) is 9.59 Å². The minimum Gasteiger partial charge on any atom is -0.376 e. The number of hydrogen-bond donors (Lipinski definition) is 2. The Morgan fingerprint density at radius 3 is 2.25 bits per heavy atom. The van der Waals surface area contributed by atoms with Crippen LogP contribution in [0.3, 0.4) is 0 Å². The van der Waals surface area contributed by atoms with Gasteiger partial charge in [0, 0.05) is 31.0 Å². The van der Waals surface area contributed by atoms with E-state index in [-0.39, 0.29) is 18.4 Å². The maximum atomic E-state index is 12.1. The lowest BCUT2D eigenvalue weighted by Gasteiger charge is -2.12. The van der Waals surface area contributed by atoms with E-state index in [1.165, 1.54) is 4.90 Å². The molecule has 2 rings (SSSR count). The van der Waals surface area contributed by atoms with E-state index in [1.807, 2.05) is 32.0 Å². The van der Waals surface area contributed by atoms with Crippen LogP contribution in [-0.4, -0.2) is 37.4 Å². The fraction of sp³-hybridized carbons (Fsp3) is 0.263. The molecule has 2 N–H and O–H groups in total. The van der Waals surface area contributed by atoms with E-state index in [0.717, 1.165) is 22.5 Å². The zero-order valence-corrected chi connectivity index (χ0v) is 14.5. The highest BCUT2D eigenvalue weighted by atomic mass is 16.2. The Bertz CT molecular complexity index is 734. The Balaban J connectivity index is 1.96. The van der Waals surface area contributed by atoms with Crippen molar-refractivity contribution in [3.63, 3.8) is 0 Å². The van der Waals surface area contributed by atoms with E-state index in [0.29, 0.717) is 5.56 Å². The smallest absolute Gasteiger partial charge is 0.253 e. The van der Waals surface area contributed by atoms with Gasteiger partial charge in [-0.05, 0) is 55.3 Å². The first-order valence-corrected chi connectivity index (χ1v) is 7.79. The third kappa shape index (κ3) is 4.84. The molecule has 2 aromatic rings. The van der Waals surface area contributed by atoms with Gasteiger partial charge in [0.05, 0.1) is 6.54 Å². The molecule has 2 amide bonds. The highest BCUT2D eigenvalue weighted by Gasteiger charge is 2.09. The number of carbonyl (C=O) groups excluding carboxylic acids is 2. The fourth-order valence-corrected chi connectivity index (χ4v) is 2.45. The molecule has 2 aromatic carbocycles. The maximum Gasteiger partial charge on any atom is 0.253 e. The predicted octanol–water partition coefficient (Wildman–Crippen LogP) is 3.06. The molecule has 0 bridgehead atoms. The van der Waals surface area contributed by atoms with Crippen LogP contribution in [0.25, 0.3) is 0 Å². The monoisotopic (exact) mass is 325 g/mol. The van der Waals surface area contributed by atoms with Crippen LogP contribution in [0.15, 0.2) is 42.5 Å². The van der Waals surface area contributed by atoms with Crippen molar-refractivity contribution in [2.75, 3.05) is 31.3 Å². The highest BCUT2D eigenvalue weighted by molar-refractivity contribution is 5.96. The Morgan fingerprint density at radius 1 is 0.958 bits per heavy atom. The minimum atomic E-state index is -0.135. The number of nitrogens with one attached hydrogen (secondary N) is 2. The summed E-state index contributed by atoms with van der Waals surface area (Å²) in [5.74, 6) is -0.206. The number of aryl methyl sites for hydroxylation is 2. The molecule has 0 fully saturated rings. The molecular weight excluding hydrogens is 302 g/mol. The summed E-state index contributed by atoms with van der Waals surface area (Å²) in [6.07, 6.45) is 0. The van der Waals surface area contributed by atoms with Gasteiger partial charge >= 0.3 is 0 Å². The van der Waals surface area contributed by atoms with Gasteiger partial charge in [0.15, 0.2) is 0 Å². The third-order valence-electron chi connectivity index (χ3n) is 3.47. The van der Waals surface area contributed by atoms with E-state index >= 15 is 0 Å². The number of rotatable bonds is 5. The molecule has 0 saturated heterocycles. The van der Waals surface area contributed by atoms with Crippen molar-refractivity contribution in [3.05, 3.63) is 59.2 Å². The number of hydrogen-bond acceptors (Lipinski definition) is 3. The van der Waals surface area contributed by atoms with Gasteiger partial charge in [0.1, 0.15) is 0 Å². The molecule has 24 heavy (non-hydrogen) atoms. The Kier molecular flexibility index (Phi) is 5.58. The van der Waals surface area contributed by atoms with Crippen LogP contribution in [0.5, 0.6) is 0 Å². The molecule has 126 valence electrons. The quantitative estimate of drug-likeness (QED) is 0.888. The summed E-state index contributed by atoms with van der Waals surface area (Å²) >= 11 is 0. The standard InChI is InChI=1S/C19H23N3O2/c1-13-8-14(2)10-17(9-13)21-18(23)12-20-16-7-5-6-15(11-16)19(24)22(3)4/h5-11,20H,12H2,1-4H3,(H,21,23). The summed E-state index contributed by atoms with van der Waals surface area (Å²) in [6.45, 7) is 4.12. The average Bonchev–Trinajstić information content (AvgIpc) is 2.51. The second-order valence-corrected chi connectivity index (χ2v) is 6.06. The van der Waals surface area contributed by atoms with Crippen LogP contribution in [0.4, 0.5) is 11.4 Å². The normalized spacial score (nSPS) is 10.2. The summed E-state index contributed by atoms with van der Waals surface area (Å²) in [7, 11) is 3.42. The molecule has 5 nitrogen and oxygen atoms in total. The topological polar surface area (TPSA) is 61.4 Å². The van der Waals surface area contributed by atoms with Crippen molar-refractivity contribution in [2.45, 2.75) is 13.8 Å². The first-order chi connectivity index (χ1) is 11.3. The van der Waals surface area contributed by atoms with Crippen LogP contribution in [0, 0.1) is 13.8 Å². The van der Waals surface area contributed by atoms with Gasteiger partial charge in [0.2, 0.25) is 5.91 Å². The van der Waals surface area contributed by atoms with Gasteiger partial charge in [-0.1, -0.05) is 12.1 Å². The Labute approximate surface area is 142 Å². The molecule has 0 aliphatic heterocycles. The summed E-state index contributed by atoms with van der Waals surface area (Å²) < 4.78 is 0. The Morgan fingerprint density at radius 2 is 1.62 bits per heavy atom. The van der Waals surface area contributed by atoms with E-state index < -0.39 is 0 Å². The van der Waals surface area contributed by atoms with Crippen LogP contribution < -0.4 is 10.6 Å². The molecular formula is C19H23N3O2. The average molecular weight is 325 g/mol. The Hall–Kier alpha value is -2.82.